The van der Waals surface area contributed by atoms with Crippen LogP contribution < -0.4 is 5.32 Å². The molecule has 1 saturated heterocycles. The molecule has 0 aliphatic carbocycles. The van der Waals surface area contributed by atoms with Gasteiger partial charge in [0, 0.05) is 23.8 Å². The Labute approximate surface area is 143 Å². The number of nitrogens with zero attached hydrogens (tertiary/aromatic N) is 2. The highest BCUT2D eigenvalue weighted by Crippen LogP contribution is 2.28. The quantitative estimate of drug-likeness (QED) is 0.855. The van der Waals surface area contributed by atoms with Gasteiger partial charge in [-0.3, -0.25) is 0 Å². The van der Waals surface area contributed by atoms with Crippen molar-refractivity contribution in [3.63, 3.8) is 0 Å². The zero-order valence-corrected chi connectivity index (χ0v) is 15.0. The van der Waals surface area contributed by atoms with Crippen LogP contribution in [-0.2, 0) is 4.74 Å². The molecular weight excluding hydrogens is 302 g/mol. The lowest BCUT2D eigenvalue weighted by Crippen LogP contribution is -2.52. The summed E-state index contributed by atoms with van der Waals surface area (Å²) < 4.78 is 7.28. The van der Waals surface area contributed by atoms with E-state index in [0.29, 0.717) is 13.2 Å². The van der Waals surface area contributed by atoms with Crippen molar-refractivity contribution >= 4 is 0 Å². The first kappa shape index (κ1) is 17.1. The van der Waals surface area contributed by atoms with Crippen LogP contribution in [-0.4, -0.2) is 41.3 Å². The van der Waals surface area contributed by atoms with Crippen LogP contribution >= 0.6 is 0 Å². The third kappa shape index (κ3) is 3.11. The normalized spacial score (nSPS) is 17.5. The van der Waals surface area contributed by atoms with Gasteiger partial charge in [0.1, 0.15) is 0 Å². The summed E-state index contributed by atoms with van der Waals surface area (Å²) in [4.78, 5) is 0. The van der Waals surface area contributed by atoms with Crippen LogP contribution in [0.3, 0.4) is 0 Å². The summed E-state index contributed by atoms with van der Waals surface area (Å²) in [5, 5.41) is 17.7. The number of aliphatic hydroxyl groups is 1. The summed E-state index contributed by atoms with van der Waals surface area (Å²) in [7, 11) is 0. The molecule has 24 heavy (non-hydrogen) atoms. The highest BCUT2D eigenvalue weighted by molar-refractivity contribution is 5.44. The lowest BCUT2D eigenvalue weighted by atomic mass is 9.86. The largest absolute Gasteiger partial charge is 0.396 e. The maximum Gasteiger partial charge on any atom is 0.0680 e. The van der Waals surface area contributed by atoms with Crippen molar-refractivity contribution in [1.82, 2.24) is 15.1 Å². The third-order valence-corrected chi connectivity index (χ3v) is 5.04. The van der Waals surface area contributed by atoms with Crippen molar-refractivity contribution in [2.75, 3.05) is 26.4 Å². The maximum atomic E-state index is 9.55. The third-order valence-electron chi connectivity index (χ3n) is 5.04. The second kappa shape index (κ2) is 6.67. The number of aryl methyl sites for hydroxylation is 2. The number of hydrogen-bond donors (Lipinski definition) is 2. The highest BCUT2D eigenvalue weighted by Gasteiger charge is 2.38. The minimum atomic E-state index is -0.120. The predicted molar refractivity (Wildman–Crippen MR) is 94.5 cm³/mol. The Morgan fingerprint density at radius 3 is 2.71 bits per heavy atom. The van der Waals surface area contributed by atoms with E-state index >= 15 is 0 Å². The van der Waals surface area contributed by atoms with Gasteiger partial charge in [0.25, 0.3) is 0 Å². The number of ether oxygens (including phenoxy) is 1. The fourth-order valence-electron chi connectivity index (χ4n) is 3.16. The second-order valence-corrected chi connectivity index (χ2v) is 7.14. The van der Waals surface area contributed by atoms with Crippen molar-refractivity contribution in [1.29, 1.82) is 0 Å². The Hall–Kier alpha value is -1.69. The second-order valence-electron chi connectivity index (χ2n) is 7.14. The molecule has 1 aliphatic rings. The summed E-state index contributed by atoms with van der Waals surface area (Å²) >= 11 is 0. The van der Waals surface area contributed by atoms with Crippen LogP contribution in [0.5, 0.6) is 0 Å². The molecule has 1 aromatic carbocycles. The van der Waals surface area contributed by atoms with Crippen LogP contribution in [0.15, 0.2) is 24.4 Å². The number of nitrogens with one attached hydrogen (secondary N) is 1. The average molecular weight is 329 g/mol. The van der Waals surface area contributed by atoms with Gasteiger partial charge in [-0.15, -0.1) is 0 Å². The lowest BCUT2D eigenvalue weighted by molar-refractivity contribution is -0.135. The molecule has 1 aliphatic heterocycles. The fraction of sp³-hybridized carbons (Fsp3) is 0.526. The van der Waals surface area contributed by atoms with E-state index in [1.807, 2.05) is 10.9 Å². The minimum absolute atomic E-state index is 0.120. The zero-order valence-electron chi connectivity index (χ0n) is 15.0. The van der Waals surface area contributed by atoms with E-state index in [9.17, 15) is 5.11 Å². The number of aromatic nitrogens is 2. The van der Waals surface area contributed by atoms with Crippen molar-refractivity contribution in [3.8, 4) is 5.69 Å². The van der Waals surface area contributed by atoms with E-state index in [-0.39, 0.29) is 18.1 Å². The molecule has 0 bridgehead atoms. The molecule has 2 aromatic rings. The smallest absolute Gasteiger partial charge is 0.0680 e. The summed E-state index contributed by atoms with van der Waals surface area (Å²) in [5.41, 5.74) is 5.78. The topological polar surface area (TPSA) is 59.3 Å². The first-order valence-electron chi connectivity index (χ1n) is 8.50. The lowest BCUT2D eigenvalue weighted by Gasteiger charge is -2.40. The van der Waals surface area contributed by atoms with Crippen LogP contribution in [0.1, 0.15) is 35.3 Å². The Kier molecular flexibility index (Phi) is 4.76. The van der Waals surface area contributed by atoms with Gasteiger partial charge in [-0.05, 0) is 44.9 Å². The molecule has 0 saturated carbocycles. The van der Waals surface area contributed by atoms with Crippen molar-refractivity contribution in [2.45, 2.75) is 33.7 Å². The molecule has 2 heterocycles. The summed E-state index contributed by atoms with van der Waals surface area (Å²) in [6, 6.07) is 6.60. The van der Waals surface area contributed by atoms with E-state index in [0.717, 1.165) is 17.9 Å². The van der Waals surface area contributed by atoms with Gasteiger partial charge >= 0.3 is 0 Å². The van der Waals surface area contributed by atoms with Crippen molar-refractivity contribution in [2.24, 2.45) is 5.41 Å². The minimum Gasteiger partial charge on any atom is -0.396 e. The molecule has 0 amide bonds. The predicted octanol–water partition coefficient (Wildman–Crippen LogP) is 2.46. The van der Waals surface area contributed by atoms with Gasteiger partial charge in [0.2, 0.25) is 0 Å². The maximum absolute atomic E-state index is 9.55. The summed E-state index contributed by atoms with van der Waals surface area (Å²) in [6.45, 7) is 10.6. The SMILES string of the molecule is Cc1ccc(C)c(-n2ncc(C(C)NCC3(CO)COC3)c2C)c1. The molecule has 0 spiro atoms. The zero-order chi connectivity index (χ0) is 17.3. The molecule has 130 valence electrons. The molecule has 2 N–H and O–H groups in total. The first-order chi connectivity index (χ1) is 11.5. The Morgan fingerprint density at radius 2 is 2.08 bits per heavy atom. The van der Waals surface area contributed by atoms with Crippen molar-refractivity contribution < 1.29 is 9.84 Å². The van der Waals surface area contributed by atoms with E-state index < -0.39 is 0 Å². The van der Waals surface area contributed by atoms with Gasteiger partial charge in [0.05, 0.1) is 37.1 Å². The number of rotatable bonds is 6. The number of aliphatic hydroxyl groups excluding tert-OH is 1. The molecule has 1 unspecified atom stereocenters. The van der Waals surface area contributed by atoms with Crippen LogP contribution in [0.4, 0.5) is 0 Å². The molecule has 1 aromatic heterocycles. The molecule has 0 radical (unpaired) electrons. The van der Waals surface area contributed by atoms with Crippen LogP contribution in [0.25, 0.3) is 5.69 Å². The van der Waals surface area contributed by atoms with E-state index in [4.69, 9.17) is 4.74 Å². The molecule has 5 nitrogen and oxygen atoms in total. The Morgan fingerprint density at radius 1 is 1.33 bits per heavy atom. The van der Waals surface area contributed by atoms with Gasteiger partial charge in [0.15, 0.2) is 0 Å². The monoisotopic (exact) mass is 329 g/mol. The van der Waals surface area contributed by atoms with Gasteiger partial charge in [-0.1, -0.05) is 12.1 Å². The van der Waals surface area contributed by atoms with Crippen LogP contribution in [0.2, 0.25) is 0 Å². The van der Waals surface area contributed by atoms with E-state index in [1.165, 1.54) is 16.7 Å². The van der Waals surface area contributed by atoms with Crippen molar-refractivity contribution in [3.05, 3.63) is 46.8 Å². The van der Waals surface area contributed by atoms with Crippen LogP contribution in [0, 0.1) is 26.2 Å². The average Bonchev–Trinajstić information content (AvgIpc) is 2.90. The number of benzene rings is 1. The standard InChI is InChI=1S/C19H27N3O2/c1-13-5-6-14(2)18(7-13)22-16(4)17(8-21-22)15(3)20-9-19(10-23)11-24-12-19/h5-8,15,20,23H,9-12H2,1-4H3. The molecular formula is C19H27N3O2. The number of hydrogen-bond acceptors (Lipinski definition) is 4. The summed E-state index contributed by atoms with van der Waals surface area (Å²) in [6.07, 6.45) is 1.94. The Bertz CT molecular complexity index is 714. The summed E-state index contributed by atoms with van der Waals surface area (Å²) in [5.74, 6) is 0. The molecule has 1 fully saturated rings. The van der Waals surface area contributed by atoms with Gasteiger partial charge < -0.3 is 15.2 Å². The van der Waals surface area contributed by atoms with E-state index in [1.54, 1.807) is 0 Å². The first-order valence-corrected chi connectivity index (χ1v) is 8.50. The highest BCUT2D eigenvalue weighted by atomic mass is 16.5. The van der Waals surface area contributed by atoms with E-state index in [2.05, 4.69) is 56.3 Å². The van der Waals surface area contributed by atoms with Gasteiger partial charge in [-0.25, -0.2) is 4.68 Å². The van der Waals surface area contributed by atoms with Gasteiger partial charge in [-0.2, -0.15) is 5.10 Å². The molecule has 3 rings (SSSR count). The molecule has 1 atom stereocenters. The Balaban J connectivity index is 1.78. The molecule has 5 heteroatoms. The fourth-order valence-corrected chi connectivity index (χ4v) is 3.16.